The molecule has 1 aliphatic heterocycles. The van der Waals surface area contributed by atoms with Crippen LogP contribution in [0.15, 0.2) is 22.7 Å². The van der Waals surface area contributed by atoms with Gasteiger partial charge in [0.15, 0.2) is 0 Å². The first kappa shape index (κ1) is 13.7. The van der Waals surface area contributed by atoms with Gasteiger partial charge in [0.2, 0.25) is 5.91 Å². The SMILES string of the molecule is COc1ccc(CCN2CC(Cl)CC2=O)cc1Br. The number of ether oxygens (including phenoxy) is 1. The lowest BCUT2D eigenvalue weighted by atomic mass is 10.1. The molecule has 0 bridgehead atoms. The highest BCUT2D eigenvalue weighted by Crippen LogP contribution is 2.26. The van der Waals surface area contributed by atoms with Crippen molar-refractivity contribution < 1.29 is 9.53 Å². The highest BCUT2D eigenvalue weighted by atomic mass is 79.9. The number of rotatable bonds is 4. The third kappa shape index (κ3) is 3.18. The van der Waals surface area contributed by atoms with Crippen LogP contribution in [-0.2, 0) is 11.2 Å². The molecule has 0 N–H and O–H groups in total. The summed E-state index contributed by atoms with van der Waals surface area (Å²) < 4.78 is 6.12. The summed E-state index contributed by atoms with van der Waals surface area (Å²) in [7, 11) is 1.64. The van der Waals surface area contributed by atoms with Crippen molar-refractivity contribution in [2.24, 2.45) is 0 Å². The van der Waals surface area contributed by atoms with E-state index in [1.807, 2.05) is 23.1 Å². The van der Waals surface area contributed by atoms with Gasteiger partial charge in [0.05, 0.1) is 17.0 Å². The second-order valence-electron chi connectivity index (χ2n) is 4.36. The van der Waals surface area contributed by atoms with Gasteiger partial charge in [-0.15, -0.1) is 11.6 Å². The third-order valence-corrected chi connectivity index (χ3v) is 3.97. The van der Waals surface area contributed by atoms with Crippen molar-refractivity contribution in [1.29, 1.82) is 0 Å². The second kappa shape index (κ2) is 5.93. The Hall–Kier alpha value is -0.740. The molecule has 0 radical (unpaired) electrons. The maximum atomic E-state index is 11.6. The number of hydrogen-bond donors (Lipinski definition) is 0. The first-order valence-electron chi connectivity index (χ1n) is 5.84. The molecule has 5 heteroatoms. The highest BCUT2D eigenvalue weighted by Gasteiger charge is 2.27. The number of methoxy groups -OCH3 is 1. The molecule has 98 valence electrons. The number of likely N-dealkylation sites (tertiary alicyclic amines) is 1. The lowest BCUT2D eigenvalue weighted by molar-refractivity contribution is -0.127. The summed E-state index contributed by atoms with van der Waals surface area (Å²) in [5.74, 6) is 0.972. The largest absolute Gasteiger partial charge is 0.496 e. The first-order valence-corrected chi connectivity index (χ1v) is 7.07. The number of carbonyl (C=O) groups is 1. The highest BCUT2D eigenvalue weighted by molar-refractivity contribution is 9.10. The quantitative estimate of drug-likeness (QED) is 0.794. The van der Waals surface area contributed by atoms with Crippen molar-refractivity contribution in [3.8, 4) is 5.75 Å². The van der Waals surface area contributed by atoms with Gasteiger partial charge in [-0.2, -0.15) is 0 Å². The van der Waals surface area contributed by atoms with Crippen molar-refractivity contribution >= 4 is 33.4 Å². The van der Waals surface area contributed by atoms with E-state index >= 15 is 0 Å². The average Bonchev–Trinajstić information content (AvgIpc) is 2.65. The van der Waals surface area contributed by atoms with Crippen LogP contribution in [-0.4, -0.2) is 36.4 Å². The normalized spacial score (nSPS) is 19.4. The van der Waals surface area contributed by atoms with Crippen LogP contribution in [0.3, 0.4) is 0 Å². The Morgan fingerprint density at radius 2 is 2.33 bits per heavy atom. The van der Waals surface area contributed by atoms with Gasteiger partial charge in [-0.25, -0.2) is 0 Å². The smallest absolute Gasteiger partial charge is 0.224 e. The molecule has 0 spiro atoms. The molecule has 1 aliphatic rings. The molecule has 1 unspecified atom stereocenters. The Kier molecular flexibility index (Phi) is 4.51. The molecular weight excluding hydrogens is 318 g/mol. The van der Waals surface area contributed by atoms with E-state index in [4.69, 9.17) is 16.3 Å². The molecule has 0 aliphatic carbocycles. The molecule has 3 nitrogen and oxygen atoms in total. The summed E-state index contributed by atoms with van der Waals surface area (Å²) in [4.78, 5) is 13.4. The number of halogens is 2. The Balaban J connectivity index is 1.94. The van der Waals surface area contributed by atoms with Gasteiger partial charge in [-0.1, -0.05) is 6.07 Å². The minimum atomic E-state index is -0.0277. The predicted octanol–water partition coefficient (Wildman–Crippen LogP) is 2.84. The molecule has 1 heterocycles. The standard InChI is InChI=1S/C13H15BrClNO2/c1-18-12-3-2-9(6-11(12)14)4-5-16-8-10(15)7-13(16)17/h2-3,6,10H,4-5,7-8H2,1H3. The third-order valence-electron chi connectivity index (χ3n) is 3.05. The van der Waals surface area contributed by atoms with E-state index in [9.17, 15) is 4.79 Å². The number of carbonyl (C=O) groups excluding carboxylic acids is 1. The molecule has 1 atom stereocenters. The maximum Gasteiger partial charge on any atom is 0.224 e. The zero-order valence-electron chi connectivity index (χ0n) is 10.2. The van der Waals surface area contributed by atoms with E-state index in [0.717, 1.165) is 23.2 Å². The van der Waals surface area contributed by atoms with Crippen LogP contribution in [0, 0.1) is 0 Å². The molecule has 1 fully saturated rings. The summed E-state index contributed by atoms with van der Waals surface area (Å²) >= 11 is 9.42. The Morgan fingerprint density at radius 3 is 2.89 bits per heavy atom. The fourth-order valence-corrected chi connectivity index (χ4v) is 2.96. The molecular formula is C13H15BrClNO2. The zero-order chi connectivity index (χ0) is 13.1. The van der Waals surface area contributed by atoms with Crippen LogP contribution in [0.5, 0.6) is 5.75 Å². The maximum absolute atomic E-state index is 11.6. The molecule has 1 aromatic rings. The van der Waals surface area contributed by atoms with Crippen LogP contribution >= 0.6 is 27.5 Å². The molecule has 0 saturated carbocycles. The van der Waals surface area contributed by atoms with Crippen LogP contribution in [0.4, 0.5) is 0 Å². The molecule has 0 aromatic heterocycles. The van der Waals surface area contributed by atoms with Gasteiger partial charge in [0.25, 0.3) is 0 Å². The van der Waals surface area contributed by atoms with Gasteiger partial charge in [0.1, 0.15) is 5.75 Å². The minimum Gasteiger partial charge on any atom is -0.496 e. The molecule has 1 aromatic carbocycles. The van der Waals surface area contributed by atoms with Crippen LogP contribution in [0.1, 0.15) is 12.0 Å². The summed E-state index contributed by atoms with van der Waals surface area (Å²) in [5.41, 5.74) is 1.17. The van der Waals surface area contributed by atoms with E-state index in [0.29, 0.717) is 13.0 Å². The van der Waals surface area contributed by atoms with E-state index in [2.05, 4.69) is 15.9 Å². The van der Waals surface area contributed by atoms with Crippen LogP contribution < -0.4 is 4.74 Å². The van der Waals surface area contributed by atoms with Crippen LogP contribution in [0.25, 0.3) is 0 Å². The number of hydrogen-bond acceptors (Lipinski definition) is 2. The summed E-state index contributed by atoms with van der Waals surface area (Å²) in [6, 6.07) is 5.97. The Morgan fingerprint density at radius 1 is 1.56 bits per heavy atom. The second-order valence-corrected chi connectivity index (χ2v) is 5.83. The topological polar surface area (TPSA) is 29.5 Å². The number of amides is 1. The van der Waals surface area contributed by atoms with Crippen molar-refractivity contribution in [1.82, 2.24) is 4.90 Å². The van der Waals surface area contributed by atoms with Crippen molar-refractivity contribution in [2.45, 2.75) is 18.2 Å². The van der Waals surface area contributed by atoms with E-state index in [-0.39, 0.29) is 11.3 Å². The molecule has 1 amide bonds. The summed E-state index contributed by atoms with van der Waals surface area (Å²) in [6.07, 6.45) is 1.30. The fourth-order valence-electron chi connectivity index (χ4n) is 2.07. The zero-order valence-corrected chi connectivity index (χ0v) is 12.5. The van der Waals surface area contributed by atoms with Gasteiger partial charge < -0.3 is 9.64 Å². The van der Waals surface area contributed by atoms with Gasteiger partial charge in [0, 0.05) is 19.5 Å². The van der Waals surface area contributed by atoms with E-state index in [1.54, 1.807) is 7.11 Å². The predicted molar refractivity (Wildman–Crippen MR) is 75.2 cm³/mol. The first-order chi connectivity index (χ1) is 8.60. The lowest BCUT2D eigenvalue weighted by Crippen LogP contribution is -2.27. The summed E-state index contributed by atoms with van der Waals surface area (Å²) in [5, 5.41) is -0.0277. The van der Waals surface area contributed by atoms with E-state index in [1.165, 1.54) is 5.56 Å². The summed E-state index contributed by atoms with van der Waals surface area (Å²) in [6.45, 7) is 1.39. The van der Waals surface area contributed by atoms with E-state index < -0.39 is 0 Å². The Bertz CT molecular complexity index is 453. The van der Waals surface area contributed by atoms with Gasteiger partial charge >= 0.3 is 0 Å². The van der Waals surface area contributed by atoms with Crippen molar-refractivity contribution in [3.05, 3.63) is 28.2 Å². The van der Waals surface area contributed by atoms with Crippen molar-refractivity contribution in [3.63, 3.8) is 0 Å². The molecule has 18 heavy (non-hydrogen) atoms. The average molecular weight is 333 g/mol. The van der Waals surface area contributed by atoms with Gasteiger partial charge in [-0.3, -0.25) is 4.79 Å². The molecule has 2 rings (SSSR count). The number of alkyl halides is 1. The number of benzene rings is 1. The van der Waals surface area contributed by atoms with Gasteiger partial charge in [-0.05, 0) is 40.0 Å². The number of nitrogens with zero attached hydrogens (tertiary/aromatic N) is 1. The lowest BCUT2D eigenvalue weighted by Gasteiger charge is -2.15. The monoisotopic (exact) mass is 331 g/mol. The molecule has 1 saturated heterocycles. The van der Waals surface area contributed by atoms with Crippen molar-refractivity contribution in [2.75, 3.05) is 20.2 Å². The minimum absolute atomic E-state index is 0.0277. The fraction of sp³-hybridized carbons (Fsp3) is 0.462. The Labute approximate surface area is 120 Å². The van der Waals surface area contributed by atoms with Crippen LogP contribution in [0.2, 0.25) is 0 Å².